The SMILES string of the molecule is Cc1cc(C)cc(-n2ccnc2[S@](=O)Cc2cc(C)on2)c1. The van der Waals surface area contributed by atoms with Gasteiger partial charge in [-0.15, -0.1) is 0 Å². The van der Waals surface area contributed by atoms with Crippen LogP contribution in [0.4, 0.5) is 0 Å². The Labute approximate surface area is 131 Å². The lowest BCUT2D eigenvalue weighted by atomic mass is 10.1. The third kappa shape index (κ3) is 3.01. The summed E-state index contributed by atoms with van der Waals surface area (Å²) in [5, 5.41) is 4.41. The van der Waals surface area contributed by atoms with Gasteiger partial charge in [0.2, 0.25) is 5.16 Å². The molecule has 0 unspecified atom stereocenters. The van der Waals surface area contributed by atoms with E-state index >= 15 is 0 Å². The van der Waals surface area contributed by atoms with Crippen LogP contribution in [0.5, 0.6) is 0 Å². The van der Waals surface area contributed by atoms with Gasteiger partial charge in [-0.3, -0.25) is 8.78 Å². The van der Waals surface area contributed by atoms with Gasteiger partial charge in [-0.25, -0.2) is 4.98 Å². The second-order valence-corrected chi connectivity index (χ2v) is 6.69. The monoisotopic (exact) mass is 315 g/mol. The molecule has 1 aromatic carbocycles. The minimum absolute atomic E-state index is 0.291. The number of hydrogen-bond donors (Lipinski definition) is 0. The Hall–Kier alpha value is -2.21. The summed E-state index contributed by atoms with van der Waals surface area (Å²) in [5.74, 6) is 1.00. The number of benzene rings is 1. The highest BCUT2D eigenvalue weighted by atomic mass is 32.2. The number of aryl methyl sites for hydroxylation is 3. The van der Waals surface area contributed by atoms with Crippen molar-refractivity contribution in [1.82, 2.24) is 14.7 Å². The zero-order valence-corrected chi connectivity index (χ0v) is 13.6. The van der Waals surface area contributed by atoms with Crippen LogP contribution >= 0.6 is 0 Å². The first-order valence-corrected chi connectivity index (χ1v) is 8.27. The van der Waals surface area contributed by atoms with Crippen LogP contribution in [0.25, 0.3) is 5.69 Å². The third-order valence-corrected chi connectivity index (χ3v) is 4.52. The Morgan fingerprint density at radius 1 is 1.14 bits per heavy atom. The summed E-state index contributed by atoms with van der Waals surface area (Å²) >= 11 is 0. The van der Waals surface area contributed by atoms with Crippen molar-refractivity contribution in [2.75, 3.05) is 0 Å². The van der Waals surface area contributed by atoms with Crippen LogP contribution in [0.1, 0.15) is 22.6 Å². The quantitative estimate of drug-likeness (QED) is 0.742. The third-order valence-electron chi connectivity index (χ3n) is 3.25. The van der Waals surface area contributed by atoms with Crippen molar-refractivity contribution in [3.05, 3.63) is 59.2 Å². The second kappa shape index (κ2) is 5.88. The van der Waals surface area contributed by atoms with Crippen LogP contribution in [0.2, 0.25) is 0 Å². The highest BCUT2D eigenvalue weighted by Crippen LogP contribution is 2.19. The van der Waals surface area contributed by atoms with Crippen LogP contribution < -0.4 is 0 Å². The predicted octanol–water partition coefficient (Wildman–Crippen LogP) is 3.09. The molecule has 5 nitrogen and oxygen atoms in total. The summed E-state index contributed by atoms with van der Waals surface area (Å²) in [6.45, 7) is 5.90. The number of hydrogen-bond acceptors (Lipinski definition) is 4. The summed E-state index contributed by atoms with van der Waals surface area (Å²) < 4.78 is 19.5. The zero-order valence-electron chi connectivity index (χ0n) is 12.7. The van der Waals surface area contributed by atoms with Gasteiger partial charge in [-0.05, 0) is 44.0 Å². The molecule has 0 aliphatic carbocycles. The van der Waals surface area contributed by atoms with Crippen LogP contribution in [0.15, 0.2) is 46.3 Å². The molecule has 0 bridgehead atoms. The highest BCUT2D eigenvalue weighted by Gasteiger charge is 2.15. The van der Waals surface area contributed by atoms with Crippen molar-refractivity contribution in [3.8, 4) is 5.69 Å². The molecule has 0 N–H and O–H groups in total. The topological polar surface area (TPSA) is 60.9 Å². The minimum atomic E-state index is -1.29. The molecule has 0 fully saturated rings. The molecule has 0 spiro atoms. The van der Waals surface area contributed by atoms with Gasteiger partial charge in [0.15, 0.2) is 0 Å². The van der Waals surface area contributed by atoms with Crippen LogP contribution in [0, 0.1) is 20.8 Å². The maximum Gasteiger partial charge on any atom is 0.203 e. The van der Waals surface area contributed by atoms with Gasteiger partial charge in [-0.2, -0.15) is 0 Å². The summed E-state index contributed by atoms with van der Waals surface area (Å²) in [5.41, 5.74) is 3.96. The van der Waals surface area contributed by atoms with Crippen molar-refractivity contribution in [1.29, 1.82) is 0 Å². The van der Waals surface area contributed by atoms with Crippen molar-refractivity contribution >= 4 is 10.8 Å². The fourth-order valence-electron chi connectivity index (χ4n) is 2.43. The Morgan fingerprint density at radius 3 is 2.50 bits per heavy atom. The lowest BCUT2D eigenvalue weighted by molar-refractivity contribution is 0.392. The second-order valence-electron chi connectivity index (χ2n) is 5.34. The molecule has 1 atom stereocenters. The summed E-state index contributed by atoms with van der Waals surface area (Å²) in [6, 6.07) is 8.00. The smallest absolute Gasteiger partial charge is 0.203 e. The maximum absolute atomic E-state index is 12.6. The van der Waals surface area contributed by atoms with E-state index in [1.807, 2.05) is 31.5 Å². The van der Waals surface area contributed by atoms with Crippen LogP contribution in [-0.4, -0.2) is 18.9 Å². The van der Waals surface area contributed by atoms with Gasteiger partial charge in [0.05, 0.1) is 22.2 Å². The van der Waals surface area contributed by atoms with Gasteiger partial charge in [0.1, 0.15) is 5.76 Å². The number of imidazole rings is 1. The molecule has 114 valence electrons. The van der Waals surface area contributed by atoms with Crippen molar-refractivity contribution < 1.29 is 8.73 Å². The first kappa shape index (κ1) is 14.7. The highest BCUT2D eigenvalue weighted by molar-refractivity contribution is 7.84. The van der Waals surface area contributed by atoms with E-state index in [0.29, 0.717) is 22.4 Å². The number of rotatable bonds is 4. The lowest BCUT2D eigenvalue weighted by Crippen LogP contribution is -2.06. The fraction of sp³-hybridized carbons (Fsp3) is 0.250. The summed E-state index contributed by atoms with van der Waals surface area (Å²) in [4.78, 5) is 4.26. The van der Waals surface area contributed by atoms with Gasteiger partial charge in [0.25, 0.3) is 0 Å². The molecule has 0 aliphatic rings. The molecule has 2 heterocycles. The fourth-order valence-corrected chi connectivity index (χ4v) is 3.53. The summed E-state index contributed by atoms with van der Waals surface area (Å²) in [7, 11) is -1.29. The molecule has 0 saturated heterocycles. The van der Waals surface area contributed by atoms with E-state index in [4.69, 9.17) is 4.52 Å². The van der Waals surface area contributed by atoms with Crippen molar-refractivity contribution in [2.24, 2.45) is 0 Å². The Morgan fingerprint density at radius 2 is 1.86 bits per heavy atom. The molecule has 3 aromatic rings. The van der Waals surface area contributed by atoms with Gasteiger partial charge >= 0.3 is 0 Å². The Bertz CT molecular complexity index is 815. The molecule has 0 radical (unpaired) electrons. The largest absolute Gasteiger partial charge is 0.361 e. The van der Waals surface area contributed by atoms with Gasteiger partial charge < -0.3 is 4.52 Å². The zero-order chi connectivity index (χ0) is 15.7. The molecular weight excluding hydrogens is 298 g/mol. The van der Waals surface area contributed by atoms with E-state index < -0.39 is 10.8 Å². The van der Waals surface area contributed by atoms with E-state index in [-0.39, 0.29) is 0 Å². The van der Waals surface area contributed by atoms with Gasteiger partial charge in [-0.1, -0.05) is 11.2 Å². The van der Waals surface area contributed by atoms with E-state index in [9.17, 15) is 4.21 Å². The van der Waals surface area contributed by atoms with E-state index in [2.05, 4.69) is 28.3 Å². The first-order valence-electron chi connectivity index (χ1n) is 6.95. The number of nitrogens with zero attached hydrogens (tertiary/aromatic N) is 3. The minimum Gasteiger partial charge on any atom is -0.361 e. The van der Waals surface area contributed by atoms with Crippen LogP contribution in [0.3, 0.4) is 0 Å². The van der Waals surface area contributed by atoms with Crippen molar-refractivity contribution in [3.63, 3.8) is 0 Å². The number of aromatic nitrogens is 3. The predicted molar refractivity (Wildman–Crippen MR) is 84.4 cm³/mol. The van der Waals surface area contributed by atoms with E-state index in [1.165, 1.54) is 0 Å². The average molecular weight is 315 g/mol. The molecule has 6 heteroatoms. The molecule has 22 heavy (non-hydrogen) atoms. The standard InChI is InChI=1S/C16H17N3O2S/c1-11-6-12(2)8-15(7-11)19-5-4-17-16(19)22(20)10-14-9-13(3)21-18-14/h4-9H,10H2,1-3H3/t22-/m1/s1. The summed E-state index contributed by atoms with van der Waals surface area (Å²) in [6.07, 6.45) is 3.49. The normalized spacial score (nSPS) is 12.5. The Balaban J connectivity index is 1.92. The molecule has 0 aliphatic heterocycles. The van der Waals surface area contributed by atoms with E-state index in [0.717, 1.165) is 16.8 Å². The van der Waals surface area contributed by atoms with E-state index in [1.54, 1.807) is 12.3 Å². The molecule has 0 saturated carbocycles. The Kier molecular flexibility index (Phi) is 3.94. The molecule has 3 rings (SSSR count). The van der Waals surface area contributed by atoms with Crippen molar-refractivity contribution in [2.45, 2.75) is 31.7 Å². The van der Waals surface area contributed by atoms with Crippen LogP contribution in [-0.2, 0) is 16.6 Å². The first-order chi connectivity index (χ1) is 10.5. The average Bonchev–Trinajstić information content (AvgIpc) is 3.06. The van der Waals surface area contributed by atoms with Gasteiger partial charge in [0, 0.05) is 24.1 Å². The molecule has 2 aromatic heterocycles. The maximum atomic E-state index is 12.6. The molecule has 0 amide bonds. The molecular formula is C16H17N3O2S. The lowest BCUT2D eigenvalue weighted by Gasteiger charge is -2.09.